The summed E-state index contributed by atoms with van der Waals surface area (Å²) in [4.78, 5) is 23.5. The van der Waals surface area contributed by atoms with Crippen LogP contribution in [-0.4, -0.2) is 15.7 Å². The van der Waals surface area contributed by atoms with E-state index in [-0.39, 0.29) is 18.0 Å². The summed E-state index contributed by atoms with van der Waals surface area (Å²) in [6.45, 7) is 3.44. The van der Waals surface area contributed by atoms with Crippen LogP contribution in [0.3, 0.4) is 0 Å². The number of nitrogens with one attached hydrogen (secondary N) is 1. The molecule has 5 nitrogen and oxygen atoms in total. The third-order valence-electron chi connectivity index (χ3n) is 2.84. The van der Waals surface area contributed by atoms with Crippen LogP contribution in [0.15, 0.2) is 35.1 Å². The van der Waals surface area contributed by atoms with Gasteiger partial charge in [0.2, 0.25) is 5.91 Å². The maximum atomic E-state index is 12.0. The number of anilines is 1. The van der Waals surface area contributed by atoms with Crippen molar-refractivity contribution in [2.75, 3.05) is 5.32 Å². The van der Waals surface area contributed by atoms with Crippen molar-refractivity contribution in [1.82, 2.24) is 9.78 Å². The minimum absolute atomic E-state index is 0.132. The van der Waals surface area contributed by atoms with Crippen LogP contribution in [0.2, 0.25) is 5.02 Å². The first-order chi connectivity index (χ1) is 9.47. The number of aryl methyl sites for hydroxylation is 1. The van der Waals surface area contributed by atoms with Crippen molar-refractivity contribution in [3.05, 3.63) is 57.0 Å². The number of aromatic nitrogens is 2. The van der Waals surface area contributed by atoms with Gasteiger partial charge in [0.05, 0.1) is 5.69 Å². The molecule has 0 saturated carbocycles. The fraction of sp³-hybridized carbons (Fsp3) is 0.214. The van der Waals surface area contributed by atoms with Crippen LogP contribution in [0.1, 0.15) is 11.3 Å². The fourth-order valence-corrected chi connectivity index (χ4v) is 1.91. The Bertz CT molecular complexity index is 710. The minimum Gasteiger partial charge on any atom is -0.324 e. The highest BCUT2D eigenvalue weighted by atomic mass is 35.5. The van der Waals surface area contributed by atoms with Crippen molar-refractivity contribution in [2.45, 2.75) is 20.4 Å². The second kappa shape index (κ2) is 5.88. The molecule has 0 aliphatic rings. The van der Waals surface area contributed by atoms with Crippen LogP contribution in [0.25, 0.3) is 0 Å². The lowest BCUT2D eigenvalue weighted by Gasteiger charge is -2.10. The number of carbonyl (C=O) groups excluding carboxylic acids is 1. The van der Waals surface area contributed by atoms with E-state index in [9.17, 15) is 9.59 Å². The van der Waals surface area contributed by atoms with E-state index in [2.05, 4.69) is 10.4 Å². The van der Waals surface area contributed by atoms with Gasteiger partial charge in [0.25, 0.3) is 5.56 Å². The number of rotatable bonds is 3. The molecule has 1 amide bonds. The van der Waals surface area contributed by atoms with Crippen molar-refractivity contribution in [3.63, 3.8) is 0 Å². The molecule has 1 heterocycles. The van der Waals surface area contributed by atoms with E-state index < -0.39 is 0 Å². The van der Waals surface area contributed by atoms with Crippen molar-refractivity contribution < 1.29 is 4.79 Å². The molecule has 0 unspecified atom stereocenters. The molecule has 0 fully saturated rings. The zero-order valence-electron chi connectivity index (χ0n) is 11.2. The Balaban J connectivity index is 2.15. The van der Waals surface area contributed by atoms with Crippen LogP contribution in [0.5, 0.6) is 0 Å². The first-order valence-corrected chi connectivity index (χ1v) is 6.45. The average molecular weight is 292 g/mol. The van der Waals surface area contributed by atoms with Crippen LogP contribution in [0, 0.1) is 13.8 Å². The smallest absolute Gasteiger partial charge is 0.267 e. The summed E-state index contributed by atoms with van der Waals surface area (Å²) in [7, 11) is 0. The maximum absolute atomic E-state index is 12.0. The van der Waals surface area contributed by atoms with Crippen molar-refractivity contribution in [3.8, 4) is 0 Å². The van der Waals surface area contributed by atoms with E-state index in [1.165, 1.54) is 6.07 Å². The fourth-order valence-electron chi connectivity index (χ4n) is 1.73. The lowest BCUT2D eigenvalue weighted by Crippen LogP contribution is -2.29. The van der Waals surface area contributed by atoms with Gasteiger partial charge >= 0.3 is 0 Å². The Hall–Kier alpha value is -2.14. The number of amides is 1. The van der Waals surface area contributed by atoms with Gasteiger partial charge in [0, 0.05) is 16.8 Å². The highest BCUT2D eigenvalue weighted by Crippen LogP contribution is 2.22. The molecule has 0 radical (unpaired) electrons. The molecule has 0 saturated heterocycles. The normalized spacial score (nSPS) is 10.3. The molecule has 2 rings (SSSR count). The first kappa shape index (κ1) is 14.3. The third kappa shape index (κ3) is 3.24. The minimum atomic E-state index is -0.324. The molecule has 6 heteroatoms. The second-order valence-electron chi connectivity index (χ2n) is 4.43. The van der Waals surface area contributed by atoms with Crippen molar-refractivity contribution >= 4 is 23.2 Å². The molecule has 20 heavy (non-hydrogen) atoms. The number of carbonyl (C=O) groups is 1. The van der Waals surface area contributed by atoms with Crippen LogP contribution >= 0.6 is 11.6 Å². The van der Waals surface area contributed by atoms with Gasteiger partial charge in [-0.2, -0.15) is 5.10 Å². The Kier molecular flexibility index (Phi) is 4.20. The zero-order chi connectivity index (χ0) is 14.7. The predicted molar refractivity (Wildman–Crippen MR) is 78.1 cm³/mol. The number of nitrogens with zero attached hydrogens (tertiary/aromatic N) is 2. The largest absolute Gasteiger partial charge is 0.324 e. The number of hydrogen-bond acceptors (Lipinski definition) is 3. The monoisotopic (exact) mass is 291 g/mol. The van der Waals surface area contributed by atoms with E-state index in [0.717, 1.165) is 10.2 Å². The number of halogens is 1. The SMILES string of the molecule is Cc1ccc(=O)n(CC(=O)Nc2cccc(Cl)c2C)n1. The molecule has 2 aromatic rings. The van der Waals surface area contributed by atoms with Crippen LogP contribution < -0.4 is 10.9 Å². The molecule has 0 aliphatic carbocycles. The molecule has 1 N–H and O–H groups in total. The molecule has 0 aliphatic heterocycles. The van der Waals surface area contributed by atoms with Gasteiger partial charge in [-0.25, -0.2) is 4.68 Å². The Labute approximate surface area is 121 Å². The van der Waals surface area contributed by atoms with Gasteiger partial charge in [-0.15, -0.1) is 0 Å². The molecular formula is C14H14ClN3O2. The van der Waals surface area contributed by atoms with E-state index in [1.807, 2.05) is 6.92 Å². The summed E-state index contributed by atoms with van der Waals surface area (Å²) >= 11 is 5.98. The molecule has 0 atom stereocenters. The lowest BCUT2D eigenvalue weighted by atomic mass is 10.2. The predicted octanol–water partition coefficient (Wildman–Crippen LogP) is 2.15. The van der Waals surface area contributed by atoms with Gasteiger partial charge in [0.1, 0.15) is 6.54 Å². The van der Waals surface area contributed by atoms with E-state index in [0.29, 0.717) is 16.4 Å². The third-order valence-corrected chi connectivity index (χ3v) is 3.24. The highest BCUT2D eigenvalue weighted by Gasteiger charge is 2.09. The van der Waals surface area contributed by atoms with E-state index in [4.69, 9.17) is 11.6 Å². The Morgan fingerprint density at radius 1 is 1.30 bits per heavy atom. The van der Waals surface area contributed by atoms with Crippen LogP contribution in [0.4, 0.5) is 5.69 Å². The quantitative estimate of drug-likeness (QED) is 0.942. The summed E-state index contributed by atoms with van der Waals surface area (Å²) in [6.07, 6.45) is 0. The summed E-state index contributed by atoms with van der Waals surface area (Å²) in [6, 6.07) is 8.25. The molecule has 0 bridgehead atoms. The molecule has 104 valence electrons. The zero-order valence-corrected chi connectivity index (χ0v) is 11.9. The first-order valence-electron chi connectivity index (χ1n) is 6.07. The molecule has 0 spiro atoms. The highest BCUT2D eigenvalue weighted by molar-refractivity contribution is 6.31. The summed E-state index contributed by atoms with van der Waals surface area (Å²) in [5.41, 5.74) is 1.78. The van der Waals surface area contributed by atoms with Gasteiger partial charge in [0.15, 0.2) is 0 Å². The average Bonchev–Trinajstić information content (AvgIpc) is 2.39. The van der Waals surface area contributed by atoms with E-state index >= 15 is 0 Å². The Morgan fingerprint density at radius 2 is 2.05 bits per heavy atom. The van der Waals surface area contributed by atoms with Gasteiger partial charge in [-0.1, -0.05) is 17.7 Å². The van der Waals surface area contributed by atoms with Crippen molar-refractivity contribution in [2.24, 2.45) is 0 Å². The van der Waals surface area contributed by atoms with Crippen LogP contribution in [-0.2, 0) is 11.3 Å². The summed E-state index contributed by atoms with van der Waals surface area (Å²) in [5, 5.41) is 7.31. The molecule has 1 aromatic heterocycles. The Morgan fingerprint density at radius 3 is 2.80 bits per heavy atom. The van der Waals surface area contributed by atoms with Gasteiger partial charge < -0.3 is 5.32 Å². The summed E-state index contributed by atoms with van der Waals surface area (Å²) < 4.78 is 1.13. The second-order valence-corrected chi connectivity index (χ2v) is 4.84. The van der Waals surface area contributed by atoms with Gasteiger partial charge in [-0.3, -0.25) is 9.59 Å². The number of benzene rings is 1. The molecule has 1 aromatic carbocycles. The molecular weight excluding hydrogens is 278 g/mol. The lowest BCUT2D eigenvalue weighted by molar-refractivity contribution is -0.117. The summed E-state index contributed by atoms with van der Waals surface area (Å²) in [5.74, 6) is -0.324. The van der Waals surface area contributed by atoms with Gasteiger partial charge in [-0.05, 0) is 37.6 Å². The topological polar surface area (TPSA) is 64.0 Å². The van der Waals surface area contributed by atoms with E-state index in [1.54, 1.807) is 31.2 Å². The van der Waals surface area contributed by atoms with Crippen molar-refractivity contribution in [1.29, 1.82) is 0 Å². The number of hydrogen-bond donors (Lipinski definition) is 1. The maximum Gasteiger partial charge on any atom is 0.267 e. The standard InChI is InChI=1S/C14H14ClN3O2/c1-9-6-7-14(20)18(17-9)8-13(19)16-12-5-3-4-11(15)10(12)2/h3-7H,8H2,1-2H3,(H,16,19).